The molecule has 3 aromatic rings. The first-order valence-corrected chi connectivity index (χ1v) is 10.9. The van der Waals surface area contributed by atoms with Crippen LogP contribution in [0.5, 0.6) is 0 Å². The van der Waals surface area contributed by atoms with E-state index < -0.39 is 11.4 Å². The van der Waals surface area contributed by atoms with Gasteiger partial charge >= 0.3 is 0 Å². The third-order valence-electron chi connectivity index (χ3n) is 4.90. The molecule has 6 heteroatoms. The van der Waals surface area contributed by atoms with Crippen molar-refractivity contribution in [3.8, 4) is 11.1 Å². The Bertz CT molecular complexity index is 890. The number of hydrogen-bond donors (Lipinski definition) is 1. The molecular weight excluding hydrogens is 390 g/mol. The minimum atomic E-state index is -1.31. The molecule has 4 nitrogen and oxygen atoms in total. The zero-order valence-corrected chi connectivity index (χ0v) is 17.0. The van der Waals surface area contributed by atoms with Gasteiger partial charge in [0.2, 0.25) is 0 Å². The molecule has 0 amide bonds. The summed E-state index contributed by atoms with van der Waals surface area (Å²) in [7, 11) is 0. The van der Waals surface area contributed by atoms with Crippen LogP contribution >= 0.6 is 11.6 Å². The molecule has 0 radical (unpaired) electrons. The quantitative estimate of drug-likeness (QED) is 0.615. The van der Waals surface area contributed by atoms with Crippen molar-refractivity contribution in [2.75, 3.05) is 13.1 Å². The summed E-state index contributed by atoms with van der Waals surface area (Å²) in [5, 5.41) is 1.06. The second-order valence-electron chi connectivity index (χ2n) is 6.98. The first kappa shape index (κ1) is 19.4. The third-order valence-corrected chi connectivity index (χ3v) is 6.30. The Morgan fingerprint density at radius 2 is 1.79 bits per heavy atom. The summed E-state index contributed by atoms with van der Waals surface area (Å²) < 4.78 is 15.6. The maximum atomic E-state index is 12.4. The van der Waals surface area contributed by atoms with Crippen molar-refractivity contribution in [2.24, 2.45) is 0 Å². The lowest BCUT2D eigenvalue weighted by atomic mass is 10.0. The first-order chi connectivity index (χ1) is 13.7. The van der Waals surface area contributed by atoms with Gasteiger partial charge in [-0.15, -0.1) is 4.72 Å². The summed E-state index contributed by atoms with van der Waals surface area (Å²) >= 11 is 4.53. The lowest BCUT2D eigenvalue weighted by Crippen LogP contribution is -2.37. The van der Waals surface area contributed by atoms with Crippen LogP contribution in [-0.4, -0.2) is 33.6 Å². The van der Waals surface area contributed by atoms with Gasteiger partial charge in [0.15, 0.2) is 0 Å². The fraction of sp³-hybridized carbons (Fsp3) is 0.227. The molecule has 1 fully saturated rings. The molecule has 2 aromatic carbocycles. The van der Waals surface area contributed by atoms with E-state index in [1.807, 2.05) is 6.07 Å². The number of halogens is 1. The molecule has 1 aliphatic heterocycles. The monoisotopic (exact) mass is 411 g/mol. The predicted octanol–water partition coefficient (Wildman–Crippen LogP) is 4.29. The van der Waals surface area contributed by atoms with Crippen LogP contribution in [-0.2, 0) is 17.9 Å². The number of aromatic nitrogens is 1. The number of hydrogen-bond acceptors (Lipinski definition) is 4. The second-order valence-corrected chi connectivity index (χ2v) is 8.61. The van der Waals surface area contributed by atoms with Gasteiger partial charge in [0.25, 0.3) is 5.03 Å². The van der Waals surface area contributed by atoms with Crippen LogP contribution in [0.4, 0.5) is 0 Å². The number of rotatable bonds is 6. The molecule has 1 aromatic heterocycles. The smallest absolute Gasteiger partial charge is 0.265 e. The Kier molecular flexibility index (Phi) is 6.29. The summed E-state index contributed by atoms with van der Waals surface area (Å²) in [5.41, 5.74) is 3.76. The Labute approximate surface area is 173 Å². The molecule has 0 aliphatic carbocycles. The molecule has 144 valence electrons. The van der Waals surface area contributed by atoms with E-state index in [9.17, 15) is 4.55 Å². The van der Waals surface area contributed by atoms with Gasteiger partial charge in [-0.2, -0.15) is 0 Å². The lowest BCUT2D eigenvalue weighted by Gasteiger charge is -2.17. The summed E-state index contributed by atoms with van der Waals surface area (Å²) in [6.45, 7) is 2.77. The number of pyridine rings is 1. The van der Waals surface area contributed by atoms with Gasteiger partial charge in [-0.1, -0.05) is 66.2 Å². The van der Waals surface area contributed by atoms with Crippen LogP contribution < -0.4 is 4.72 Å². The van der Waals surface area contributed by atoms with Crippen molar-refractivity contribution in [1.29, 1.82) is 0 Å². The fourth-order valence-electron chi connectivity index (χ4n) is 3.45. The summed E-state index contributed by atoms with van der Waals surface area (Å²) in [6, 6.07) is 22.8. The summed E-state index contributed by atoms with van der Waals surface area (Å²) in [6.07, 6.45) is 2.50. The molecule has 4 rings (SSSR count). The number of benzene rings is 2. The van der Waals surface area contributed by atoms with Crippen LogP contribution in [0, 0.1) is 0 Å². The van der Waals surface area contributed by atoms with Crippen LogP contribution in [0.1, 0.15) is 12.0 Å². The fourth-order valence-corrected chi connectivity index (χ4v) is 4.52. The van der Waals surface area contributed by atoms with Gasteiger partial charge in [-0.3, -0.25) is 4.90 Å². The highest BCUT2D eigenvalue weighted by Gasteiger charge is 2.27. The van der Waals surface area contributed by atoms with Gasteiger partial charge in [0, 0.05) is 25.7 Å². The zero-order chi connectivity index (χ0) is 19.3. The molecule has 2 atom stereocenters. The van der Waals surface area contributed by atoms with E-state index in [2.05, 4.69) is 63.1 Å². The van der Waals surface area contributed by atoms with E-state index in [0.29, 0.717) is 10.0 Å². The predicted molar refractivity (Wildman–Crippen MR) is 114 cm³/mol. The molecule has 0 saturated carbocycles. The molecule has 0 bridgehead atoms. The largest absolute Gasteiger partial charge is 0.592 e. The average molecular weight is 412 g/mol. The Hall–Kier alpha value is -1.89. The second kappa shape index (κ2) is 9.07. The van der Waals surface area contributed by atoms with E-state index >= 15 is 0 Å². The van der Waals surface area contributed by atoms with Gasteiger partial charge < -0.3 is 4.55 Å². The van der Waals surface area contributed by atoms with Crippen molar-refractivity contribution < 1.29 is 4.55 Å². The van der Waals surface area contributed by atoms with Crippen LogP contribution in [0.3, 0.4) is 0 Å². The zero-order valence-electron chi connectivity index (χ0n) is 15.4. The van der Waals surface area contributed by atoms with E-state index in [4.69, 9.17) is 11.6 Å². The van der Waals surface area contributed by atoms with Crippen molar-refractivity contribution in [2.45, 2.75) is 24.0 Å². The van der Waals surface area contributed by atoms with E-state index in [1.54, 1.807) is 12.1 Å². The van der Waals surface area contributed by atoms with Gasteiger partial charge in [-0.25, -0.2) is 4.98 Å². The van der Waals surface area contributed by atoms with E-state index in [-0.39, 0.29) is 6.04 Å². The minimum Gasteiger partial charge on any atom is -0.592 e. The first-order valence-electron chi connectivity index (χ1n) is 9.33. The third kappa shape index (κ3) is 4.93. The maximum absolute atomic E-state index is 12.4. The van der Waals surface area contributed by atoms with Gasteiger partial charge in [0.05, 0.1) is 28.6 Å². The lowest BCUT2D eigenvalue weighted by molar-refractivity contribution is 0.324. The van der Waals surface area contributed by atoms with Crippen molar-refractivity contribution in [3.05, 3.63) is 83.5 Å². The van der Waals surface area contributed by atoms with E-state index in [1.165, 1.54) is 22.9 Å². The van der Waals surface area contributed by atoms with Crippen LogP contribution in [0.15, 0.2) is 78.0 Å². The van der Waals surface area contributed by atoms with Crippen molar-refractivity contribution in [3.63, 3.8) is 0 Å². The van der Waals surface area contributed by atoms with Crippen molar-refractivity contribution >= 4 is 23.0 Å². The SMILES string of the molecule is [O-][S+](N[C@@H]1CCN(Cc2ccc(-c3ccccc3)cc2)C1)c1ccc(Cl)cn1. The Morgan fingerprint density at radius 1 is 1.04 bits per heavy atom. The highest BCUT2D eigenvalue weighted by molar-refractivity contribution is 7.89. The molecule has 1 saturated heterocycles. The summed E-state index contributed by atoms with van der Waals surface area (Å²) in [5.74, 6) is 0. The van der Waals surface area contributed by atoms with Crippen molar-refractivity contribution in [1.82, 2.24) is 14.6 Å². The molecule has 1 unspecified atom stereocenters. The highest BCUT2D eigenvalue weighted by atomic mass is 35.5. The molecular formula is C22H22ClN3OS. The molecule has 28 heavy (non-hydrogen) atoms. The van der Waals surface area contributed by atoms with E-state index in [0.717, 1.165) is 26.1 Å². The topological polar surface area (TPSA) is 51.2 Å². The summed E-state index contributed by atoms with van der Waals surface area (Å²) in [4.78, 5) is 6.52. The molecule has 2 heterocycles. The minimum absolute atomic E-state index is 0.196. The maximum Gasteiger partial charge on any atom is 0.265 e. The Balaban J connectivity index is 1.30. The number of nitrogens with zero attached hydrogens (tertiary/aromatic N) is 2. The Morgan fingerprint density at radius 3 is 2.50 bits per heavy atom. The standard InChI is InChI=1S/C22H22ClN3OS/c23-20-10-11-22(24-14-20)28(27)25-21-12-13-26(16-21)15-17-6-8-19(9-7-17)18-4-2-1-3-5-18/h1-11,14,21,25H,12-13,15-16H2/t21-,28?/m1/s1. The number of nitrogens with one attached hydrogen (secondary N) is 1. The van der Waals surface area contributed by atoms with Gasteiger partial charge in [0.1, 0.15) is 0 Å². The normalized spacial score (nSPS) is 18.3. The average Bonchev–Trinajstić information content (AvgIpc) is 3.16. The molecule has 1 aliphatic rings. The van der Waals surface area contributed by atoms with Crippen LogP contribution in [0.2, 0.25) is 5.02 Å². The molecule has 1 N–H and O–H groups in total. The van der Waals surface area contributed by atoms with Crippen LogP contribution in [0.25, 0.3) is 11.1 Å². The highest BCUT2D eigenvalue weighted by Crippen LogP contribution is 2.21. The number of likely N-dealkylation sites (tertiary alicyclic amines) is 1. The van der Waals surface area contributed by atoms with Gasteiger partial charge in [-0.05, 0) is 29.2 Å². The molecule has 0 spiro atoms.